The van der Waals surface area contributed by atoms with Gasteiger partial charge in [0.15, 0.2) is 5.78 Å². The van der Waals surface area contributed by atoms with E-state index in [1.165, 1.54) is 6.33 Å². The largest absolute Gasteiger partial charge is 0.486 e. The lowest BCUT2D eigenvalue weighted by Crippen LogP contribution is -2.43. The number of nitrogens with zero attached hydrogens (tertiary/aromatic N) is 3. The van der Waals surface area contributed by atoms with E-state index in [2.05, 4.69) is 9.97 Å². The number of para-hydroxylation sites is 1. The normalized spacial score (nSPS) is 22.1. The summed E-state index contributed by atoms with van der Waals surface area (Å²) in [5.41, 5.74) is 2.12. The van der Waals surface area contributed by atoms with E-state index >= 15 is 0 Å². The van der Waals surface area contributed by atoms with Crippen LogP contribution in [0.4, 0.5) is 0 Å². The Morgan fingerprint density at radius 2 is 1.85 bits per heavy atom. The first-order chi connectivity index (χ1) is 13.0. The van der Waals surface area contributed by atoms with Crippen molar-refractivity contribution in [2.45, 2.75) is 45.1 Å². The molecule has 6 nitrogen and oxygen atoms in total. The zero-order valence-corrected chi connectivity index (χ0v) is 15.7. The number of amides is 1. The molecule has 0 N–H and O–H groups in total. The summed E-state index contributed by atoms with van der Waals surface area (Å²) in [5, 5.41) is 0. The number of aryl methyl sites for hydroxylation is 2. The van der Waals surface area contributed by atoms with E-state index in [1.54, 1.807) is 0 Å². The third-order valence-corrected chi connectivity index (χ3v) is 5.62. The van der Waals surface area contributed by atoms with Crippen LogP contribution in [0.25, 0.3) is 0 Å². The summed E-state index contributed by atoms with van der Waals surface area (Å²) in [5.74, 6) is 0.752. The predicted octanol–water partition coefficient (Wildman–Crippen LogP) is 3.12. The number of ketones is 1. The topological polar surface area (TPSA) is 72.4 Å². The Bertz CT molecular complexity index is 891. The van der Waals surface area contributed by atoms with Crippen LogP contribution in [0, 0.1) is 13.8 Å². The zero-order chi connectivity index (χ0) is 19.0. The molecule has 0 bridgehead atoms. The number of carbonyl (C=O) groups excluding carboxylic acids is 2. The van der Waals surface area contributed by atoms with E-state index in [4.69, 9.17) is 4.74 Å². The van der Waals surface area contributed by atoms with Gasteiger partial charge in [0.1, 0.15) is 17.7 Å². The quantitative estimate of drug-likeness (QED) is 0.776. The molecule has 1 aromatic heterocycles. The highest BCUT2D eigenvalue weighted by Crippen LogP contribution is 2.39. The molecule has 1 fully saturated rings. The molecule has 1 aromatic carbocycles. The second kappa shape index (κ2) is 6.76. The van der Waals surface area contributed by atoms with Gasteiger partial charge < -0.3 is 9.64 Å². The van der Waals surface area contributed by atoms with Crippen molar-refractivity contribution in [3.05, 3.63) is 53.1 Å². The molecule has 1 unspecified atom stereocenters. The molecule has 3 heterocycles. The molecule has 1 spiro atoms. The van der Waals surface area contributed by atoms with E-state index in [0.29, 0.717) is 54.2 Å². The average molecular weight is 365 g/mol. The van der Waals surface area contributed by atoms with Gasteiger partial charge in [-0.05, 0) is 38.8 Å². The highest BCUT2D eigenvalue weighted by Gasteiger charge is 2.42. The molecule has 2 aliphatic rings. The van der Waals surface area contributed by atoms with Crippen molar-refractivity contribution in [3.8, 4) is 5.75 Å². The summed E-state index contributed by atoms with van der Waals surface area (Å²) in [6.07, 6.45) is 4.06. The smallest absolute Gasteiger partial charge is 0.257 e. The Labute approximate surface area is 158 Å². The first-order valence-corrected chi connectivity index (χ1v) is 9.38. The molecule has 140 valence electrons. The Morgan fingerprint density at radius 1 is 1.11 bits per heavy atom. The van der Waals surface area contributed by atoms with Crippen LogP contribution in [0.5, 0.6) is 5.75 Å². The second-order valence-corrected chi connectivity index (χ2v) is 7.45. The number of hydrogen-bond donors (Lipinski definition) is 0. The van der Waals surface area contributed by atoms with Crippen LogP contribution in [-0.4, -0.2) is 45.2 Å². The van der Waals surface area contributed by atoms with Crippen molar-refractivity contribution in [1.82, 2.24) is 14.9 Å². The number of ether oxygens (including phenoxy) is 1. The van der Waals surface area contributed by atoms with Gasteiger partial charge in [0.25, 0.3) is 5.91 Å². The van der Waals surface area contributed by atoms with Gasteiger partial charge in [0.05, 0.1) is 28.9 Å². The highest BCUT2D eigenvalue weighted by molar-refractivity contribution is 6.00. The summed E-state index contributed by atoms with van der Waals surface area (Å²) in [7, 11) is 0. The van der Waals surface area contributed by atoms with Crippen molar-refractivity contribution in [3.63, 3.8) is 0 Å². The zero-order valence-electron chi connectivity index (χ0n) is 15.7. The summed E-state index contributed by atoms with van der Waals surface area (Å²) >= 11 is 0. The molecule has 6 heteroatoms. The molecule has 2 aromatic rings. The Morgan fingerprint density at radius 3 is 2.63 bits per heavy atom. The predicted molar refractivity (Wildman–Crippen MR) is 100 cm³/mol. The fourth-order valence-corrected chi connectivity index (χ4v) is 4.15. The molecular weight excluding hydrogens is 342 g/mol. The number of carbonyl (C=O) groups is 2. The monoisotopic (exact) mass is 365 g/mol. The number of rotatable bonds is 1. The Balaban J connectivity index is 1.55. The van der Waals surface area contributed by atoms with Gasteiger partial charge in [-0.1, -0.05) is 12.1 Å². The summed E-state index contributed by atoms with van der Waals surface area (Å²) < 4.78 is 6.31. The van der Waals surface area contributed by atoms with E-state index in [0.717, 1.165) is 12.8 Å². The summed E-state index contributed by atoms with van der Waals surface area (Å²) in [4.78, 5) is 35.9. The fourth-order valence-electron chi connectivity index (χ4n) is 4.15. The molecule has 0 radical (unpaired) electrons. The van der Waals surface area contributed by atoms with Gasteiger partial charge in [-0.25, -0.2) is 9.97 Å². The van der Waals surface area contributed by atoms with Crippen LogP contribution in [0.15, 0.2) is 30.6 Å². The van der Waals surface area contributed by atoms with Gasteiger partial charge in [-0.2, -0.15) is 0 Å². The van der Waals surface area contributed by atoms with E-state index in [-0.39, 0.29) is 11.7 Å². The molecule has 27 heavy (non-hydrogen) atoms. The molecule has 0 saturated carbocycles. The molecular formula is C21H23N3O3. The van der Waals surface area contributed by atoms with Gasteiger partial charge in [0, 0.05) is 19.5 Å². The van der Waals surface area contributed by atoms with E-state index in [1.807, 2.05) is 43.0 Å². The average Bonchev–Trinajstić information content (AvgIpc) is 2.84. The van der Waals surface area contributed by atoms with Gasteiger partial charge in [-0.3, -0.25) is 9.59 Å². The number of hydrogen-bond acceptors (Lipinski definition) is 5. The summed E-state index contributed by atoms with van der Waals surface area (Å²) in [6, 6.07) is 7.42. The number of fused-ring (bicyclic) bond motifs is 1. The van der Waals surface area contributed by atoms with E-state index < -0.39 is 5.60 Å². The van der Waals surface area contributed by atoms with Crippen LogP contribution >= 0.6 is 0 Å². The van der Waals surface area contributed by atoms with Gasteiger partial charge in [0.2, 0.25) is 0 Å². The first kappa shape index (κ1) is 17.6. The second-order valence-electron chi connectivity index (χ2n) is 7.45. The molecule has 4 rings (SSSR count). The molecule has 0 aliphatic carbocycles. The SMILES string of the molecule is Cc1ncnc(C)c1C(=O)N1CCCC2(CC1)CC(=O)c1ccccc1O2. The maximum Gasteiger partial charge on any atom is 0.257 e. The Kier molecular flexibility index (Phi) is 4.42. The van der Waals surface area contributed by atoms with Crippen molar-refractivity contribution in [2.75, 3.05) is 13.1 Å². The first-order valence-electron chi connectivity index (χ1n) is 9.38. The maximum atomic E-state index is 13.1. The third kappa shape index (κ3) is 3.20. The molecule has 1 atom stereocenters. The lowest BCUT2D eigenvalue weighted by molar-refractivity contribution is 0.0300. The van der Waals surface area contributed by atoms with Crippen molar-refractivity contribution in [2.24, 2.45) is 0 Å². The van der Waals surface area contributed by atoms with Gasteiger partial charge >= 0.3 is 0 Å². The van der Waals surface area contributed by atoms with Crippen LogP contribution in [-0.2, 0) is 0 Å². The van der Waals surface area contributed by atoms with Crippen LogP contribution in [0.1, 0.15) is 57.8 Å². The van der Waals surface area contributed by atoms with Crippen LogP contribution in [0.3, 0.4) is 0 Å². The van der Waals surface area contributed by atoms with Crippen molar-refractivity contribution < 1.29 is 14.3 Å². The fraction of sp³-hybridized carbons (Fsp3) is 0.429. The van der Waals surface area contributed by atoms with Crippen molar-refractivity contribution >= 4 is 11.7 Å². The number of benzene rings is 1. The molecule has 2 aliphatic heterocycles. The molecule has 1 amide bonds. The van der Waals surface area contributed by atoms with E-state index in [9.17, 15) is 9.59 Å². The van der Waals surface area contributed by atoms with Gasteiger partial charge in [-0.15, -0.1) is 0 Å². The standard InChI is InChI=1S/C21H23N3O3/c1-14-19(15(2)23-13-22-14)20(26)24-10-5-8-21(9-11-24)12-17(25)16-6-3-4-7-18(16)27-21/h3-4,6-7,13H,5,8-12H2,1-2H3. The lowest BCUT2D eigenvalue weighted by atomic mass is 9.84. The lowest BCUT2D eigenvalue weighted by Gasteiger charge is -2.37. The maximum absolute atomic E-state index is 13.1. The molecule has 1 saturated heterocycles. The van der Waals surface area contributed by atoms with Crippen LogP contribution < -0.4 is 4.74 Å². The number of Topliss-reactive ketones (excluding diaryl/α,β-unsaturated/α-hetero) is 1. The minimum absolute atomic E-state index is 0.0369. The highest BCUT2D eigenvalue weighted by atomic mass is 16.5. The minimum Gasteiger partial charge on any atom is -0.486 e. The number of aromatic nitrogens is 2. The third-order valence-electron chi connectivity index (χ3n) is 5.62. The Hall–Kier alpha value is -2.76. The van der Waals surface area contributed by atoms with Crippen molar-refractivity contribution in [1.29, 1.82) is 0 Å². The summed E-state index contributed by atoms with van der Waals surface area (Å²) in [6.45, 7) is 4.87. The number of likely N-dealkylation sites (tertiary alicyclic amines) is 1. The van der Waals surface area contributed by atoms with Crippen LogP contribution in [0.2, 0.25) is 0 Å². The minimum atomic E-state index is -0.516.